The smallest absolute Gasteiger partial charge is 0.329 e. The molecule has 252 valence electrons. The van der Waals surface area contributed by atoms with Crippen molar-refractivity contribution < 1.29 is 27.5 Å². The number of imidazole rings is 1. The number of aromatic nitrogens is 4. The van der Waals surface area contributed by atoms with Gasteiger partial charge in [-0.25, -0.2) is 13.2 Å². The number of amides is 1. The Kier molecular flexibility index (Phi) is 11.8. The number of anilines is 1. The predicted octanol–water partition coefficient (Wildman–Crippen LogP) is 1.55. The van der Waals surface area contributed by atoms with Gasteiger partial charge in [0.1, 0.15) is 11.7 Å². The number of benzene rings is 1. The topological polar surface area (TPSA) is 195 Å². The van der Waals surface area contributed by atoms with Crippen LogP contribution in [0.25, 0.3) is 11.2 Å². The monoisotopic (exact) mass is 660 g/mol. The first-order chi connectivity index (χ1) is 22.0. The van der Waals surface area contributed by atoms with Crippen LogP contribution >= 0.6 is 0 Å². The molecule has 1 aromatic carbocycles. The highest BCUT2D eigenvalue weighted by Gasteiger charge is 2.40. The molecule has 0 bridgehead atoms. The lowest BCUT2D eigenvalue weighted by molar-refractivity contribution is -0.139. The summed E-state index contributed by atoms with van der Waals surface area (Å²) in [5.74, 6) is -0.706. The highest BCUT2D eigenvalue weighted by molar-refractivity contribution is 7.89. The zero-order chi connectivity index (χ0) is 33.4. The van der Waals surface area contributed by atoms with Crippen LogP contribution < -0.4 is 21.5 Å². The SMILES string of the molecule is CCCCOc1nc(N)c2[nH]c(=O)n(C3CN(C(CCC)C(=O)NCc4ccc(CC(=O)OC)cc4)CCN3S(=O)(=O)CC)c2n1. The summed E-state index contributed by atoms with van der Waals surface area (Å²) in [4.78, 5) is 51.8. The zero-order valence-electron chi connectivity index (χ0n) is 26.8. The number of carbonyl (C=O) groups excluding carboxylic acids is 2. The molecule has 2 unspecified atom stereocenters. The molecule has 1 aliphatic heterocycles. The zero-order valence-corrected chi connectivity index (χ0v) is 27.6. The maximum absolute atomic E-state index is 13.6. The molecule has 1 fully saturated rings. The molecule has 0 aliphatic carbocycles. The maximum Gasteiger partial charge on any atom is 0.329 e. The number of nitrogens with one attached hydrogen (secondary N) is 2. The van der Waals surface area contributed by atoms with Crippen molar-refractivity contribution in [3.63, 3.8) is 0 Å². The highest BCUT2D eigenvalue weighted by atomic mass is 32.2. The summed E-state index contributed by atoms with van der Waals surface area (Å²) in [5.41, 5.74) is 7.52. The quantitative estimate of drug-likeness (QED) is 0.158. The van der Waals surface area contributed by atoms with Crippen molar-refractivity contribution in [1.29, 1.82) is 0 Å². The summed E-state index contributed by atoms with van der Waals surface area (Å²) in [6.07, 6.45) is 2.03. The van der Waals surface area contributed by atoms with Gasteiger partial charge >= 0.3 is 17.7 Å². The normalized spacial score (nSPS) is 16.7. The molecular weight excluding hydrogens is 616 g/mol. The number of nitrogens with zero attached hydrogens (tertiary/aromatic N) is 5. The Morgan fingerprint density at radius 1 is 1.11 bits per heavy atom. The van der Waals surface area contributed by atoms with Gasteiger partial charge in [0.15, 0.2) is 11.5 Å². The van der Waals surface area contributed by atoms with E-state index in [9.17, 15) is 22.8 Å². The lowest BCUT2D eigenvalue weighted by atomic mass is 10.1. The largest absolute Gasteiger partial charge is 0.469 e. The molecule has 46 heavy (non-hydrogen) atoms. The maximum atomic E-state index is 13.6. The van der Waals surface area contributed by atoms with Crippen molar-refractivity contribution in [2.24, 2.45) is 0 Å². The molecule has 3 heterocycles. The minimum absolute atomic E-state index is 0.00600. The summed E-state index contributed by atoms with van der Waals surface area (Å²) >= 11 is 0. The van der Waals surface area contributed by atoms with Crippen molar-refractivity contribution >= 4 is 38.9 Å². The third-order valence-electron chi connectivity index (χ3n) is 8.03. The number of esters is 1. The number of methoxy groups -OCH3 is 1. The number of sulfonamides is 1. The molecular formula is C30H44N8O7S. The van der Waals surface area contributed by atoms with Crippen LogP contribution in [0, 0.1) is 0 Å². The first-order valence-corrected chi connectivity index (χ1v) is 17.2. The van der Waals surface area contributed by atoms with Gasteiger partial charge in [0.05, 0.1) is 31.9 Å². The summed E-state index contributed by atoms with van der Waals surface area (Å²) in [6, 6.07) is 6.73. The van der Waals surface area contributed by atoms with Gasteiger partial charge in [-0.15, -0.1) is 0 Å². The van der Waals surface area contributed by atoms with E-state index in [4.69, 9.17) is 15.2 Å². The van der Waals surface area contributed by atoms with E-state index in [1.54, 1.807) is 6.92 Å². The van der Waals surface area contributed by atoms with E-state index in [0.717, 1.165) is 24.0 Å². The average molecular weight is 661 g/mol. The molecule has 1 saturated heterocycles. The lowest BCUT2D eigenvalue weighted by Gasteiger charge is -2.43. The molecule has 4 N–H and O–H groups in total. The second-order valence-electron chi connectivity index (χ2n) is 11.2. The molecule has 16 heteroatoms. The molecule has 2 aromatic heterocycles. The molecule has 0 radical (unpaired) electrons. The molecule has 2 atom stereocenters. The standard InChI is InChI=1S/C30H44N8O7S/c1-5-8-16-45-29-34-26(31)25-27(35-29)38(30(41)33-25)23-19-36(14-15-37(23)46(42,43)7-3)22(9-6-2)28(40)32-18-21-12-10-20(11-13-21)17-24(39)44-4/h10-13,22-23H,5-9,14-19H2,1-4H3,(H,32,40)(H,33,41)(H2,31,34,35). The number of aromatic amines is 1. The van der Waals surface area contributed by atoms with Crippen LogP contribution in [-0.4, -0.2) is 94.2 Å². The molecule has 1 aliphatic rings. The fourth-order valence-corrected chi connectivity index (χ4v) is 6.70. The van der Waals surface area contributed by atoms with Crippen LogP contribution in [0.5, 0.6) is 6.01 Å². The average Bonchev–Trinajstić information content (AvgIpc) is 3.38. The second kappa shape index (κ2) is 15.5. The van der Waals surface area contributed by atoms with E-state index in [-0.39, 0.29) is 73.2 Å². The first kappa shape index (κ1) is 34.8. The Hall–Kier alpha value is -4.02. The molecule has 0 saturated carbocycles. The number of hydrogen-bond acceptors (Lipinski definition) is 11. The first-order valence-electron chi connectivity index (χ1n) is 15.6. The van der Waals surface area contributed by atoms with Crippen molar-refractivity contribution in [3.8, 4) is 6.01 Å². The Balaban J connectivity index is 1.61. The van der Waals surface area contributed by atoms with Crippen LogP contribution in [-0.2, 0) is 37.3 Å². The number of carbonyl (C=O) groups is 2. The summed E-state index contributed by atoms with van der Waals surface area (Å²) < 4.78 is 39.6. The molecule has 15 nitrogen and oxygen atoms in total. The van der Waals surface area contributed by atoms with E-state index < -0.39 is 27.9 Å². The van der Waals surface area contributed by atoms with Gasteiger partial charge in [0.2, 0.25) is 15.9 Å². The fourth-order valence-electron chi connectivity index (χ4n) is 5.48. The predicted molar refractivity (Wildman–Crippen MR) is 172 cm³/mol. The van der Waals surface area contributed by atoms with Crippen LogP contribution in [0.15, 0.2) is 29.1 Å². The van der Waals surface area contributed by atoms with Crippen molar-refractivity contribution in [2.45, 2.75) is 71.6 Å². The second-order valence-corrected chi connectivity index (χ2v) is 13.4. The fraction of sp³-hybridized carbons (Fsp3) is 0.567. The van der Waals surface area contributed by atoms with E-state index in [2.05, 4.69) is 20.3 Å². The number of fused-ring (bicyclic) bond motifs is 1. The van der Waals surface area contributed by atoms with Crippen LogP contribution in [0.2, 0.25) is 0 Å². The number of nitrogen functional groups attached to an aromatic ring is 1. The van der Waals surface area contributed by atoms with Gasteiger partial charge in [-0.2, -0.15) is 14.3 Å². The minimum Gasteiger partial charge on any atom is -0.469 e. The summed E-state index contributed by atoms with van der Waals surface area (Å²) in [5, 5.41) is 3.00. The van der Waals surface area contributed by atoms with Crippen LogP contribution in [0.3, 0.4) is 0 Å². The van der Waals surface area contributed by atoms with Gasteiger partial charge in [0.25, 0.3) is 0 Å². The van der Waals surface area contributed by atoms with E-state index in [1.807, 2.05) is 43.0 Å². The number of piperazine rings is 1. The Labute approximate surface area is 268 Å². The highest BCUT2D eigenvalue weighted by Crippen LogP contribution is 2.29. The van der Waals surface area contributed by atoms with Crippen LogP contribution in [0.4, 0.5) is 5.82 Å². The summed E-state index contributed by atoms with van der Waals surface area (Å²) in [6.45, 7) is 6.57. The Bertz CT molecular complexity index is 1670. The lowest BCUT2D eigenvalue weighted by Crippen LogP contribution is -2.59. The van der Waals surface area contributed by atoms with Gasteiger partial charge in [0, 0.05) is 26.2 Å². The van der Waals surface area contributed by atoms with Crippen molar-refractivity contribution in [2.75, 3.05) is 44.8 Å². The number of H-pyrrole nitrogens is 1. The minimum atomic E-state index is -3.76. The van der Waals surface area contributed by atoms with Crippen molar-refractivity contribution in [1.82, 2.24) is 34.0 Å². The number of ether oxygens (including phenoxy) is 2. The molecule has 0 spiro atoms. The van der Waals surface area contributed by atoms with Gasteiger partial charge in [-0.1, -0.05) is 51.0 Å². The van der Waals surface area contributed by atoms with Crippen LogP contribution in [0.1, 0.15) is 63.7 Å². The Morgan fingerprint density at radius 3 is 2.48 bits per heavy atom. The number of unbranched alkanes of at least 4 members (excludes halogenated alkanes) is 1. The number of nitrogens with two attached hydrogens (primary N) is 1. The number of rotatable bonds is 15. The summed E-state index contributed by atoms with van der Waals surface area (Å²) in [7, 11) is -2.42. The number of hydrogen-bond donors (Lipinski definition) is 3. The van der Waals surface area contributed by atoms with E-state index in [1.165, 1.54) is 16.0 Å². The molecule has 3 aromatic rings. The molecule has 1 amide bonds. The van der Waals surface area contributed by atoms with Crippen molar-refractivity contribution in [3.05, 3.63) is 45.9 Å². The molecule has 4 rings (SSSR count). The van der Waals surface area contributed by atoms with Gasteiger partial charge < -0.3 is 25.5 Å². The van der Waals surface area contributed by atoms with Gasteiger partial charge in [-0.3, -0.25) is 19.1 Å². The Morgan fingerprint density at radius 2 is 1.83 bits per heavy atom. The van der Waals surface area contributed by atoms with E-state index >= 15 is 0 Å². The van der Waals surface area contributed by atoms with E-state index in [0.29, 0.717) is 19.4 Å². The third kappa shape index (κ3) is 8.03. The van der Waals surface area contributed by atoms with Gasteiger partial charge in [-0.05, 0) is 30.9 Å². The third-order valence-corrected chi connectivity index (χ3v) is 9.90.